The molecule has 1 saturated carbocycles. The molecule has 0 spiro atoms. The van der Waals surface area contributed by atoms with Crippen LogP contribution in [0.5, 0.6) is 0 Å². The van der Waals surface area contributed by atoms with E-state index in [0.717, 1.165) is 45.2 Å². The second-order valence-corrected chi connectivity index (χ2v) is 6.34. The van der Waals surface area contributed by atoms with E-state index >= 15 is 0 Å². The summed E-state index contributed by atoms with van der Waals surface area (Å²) in [5.41, 5.74) is 6.05. The number of nitrogens with two attached hydrogens (primary N) is 1. The van der Waals surface area contributed by atoms with Gasteiger partial charge in [-0.2, -0.15) is 0 Å². The van der Waals surface area contributed by atoms with Crippen molar-refractivity contribution in [1.82, 2.24) is 10.2 Å². The maximum Gasteiger partial charge on any atom is 0.222 e. The van der Waals surface area contributed by atoms with Crippen LogP contribution in [0.2, 0.25) is 0 Å². The van der Waals surface area contributed by atoms with Crippen molar-refractivity contribution in [3.05, 3.63) is 0 Å². The van der Waals surface area contributed by atoms with Gasteiger partial charge in [0, 0.05) is 39.0 Å². The van der Waals surface area contributed by atoms with Gasteiger partial charge in [0.2, 0.25) is 11.8 Å². The molecule has 0 aromatic heterocycles. The number of hydrogen-bond acceptors (Lipinski definition) is 3. The number of carbonyl (C=O) groups is 2. The quantitative estimate of drug-likeness (QED) is 0.820. The fourth-order valence-corrected chi connectivity index (χ4v) is 3.42. The molecule has 0 aromatic rings. The second kappa shape index (κ2) is 8.59. The van der Waals surface area contributed by atoms with E-state index in [-0.39, 0.29) is 30.3 Å². The molecule has 21 heavy (non-hydrogen) atoms. The first kappa shape index (κ1) is 18.2. The third kappa shape index (κ3) is 5.47. The van der Waals surface area contributed by atoms with Gasteiger partial charge < -0.3 is 16.0 Å². The van der Waals surface area contributed by atoms with Crippen molar-refractivity contribution < 1.29 is 9.59 Å². The fourth-order valence-electron chi connectivity index (χ4n) is 3.42. The number of halogens is 1. The molecule has 6 heteroatoms. The van der Waals surface area contributed by atoms with Crippen LogP contribution in [0.3, 0.4) is 0 Å². The number of rotatable bonds is 4. The van der Waals surface area contributed by atoms with E-state index in [1.807, 2.05) is 4.90 Å². The van der Waals surface area contributed by atoms with Gasteiger partial charge in [0.25, 0.3) is 0 Å². The smallest absolute Gasteiger partial charge is 0.222 e. The third-order valence-corrected chi connectivity index (χ3v) is 4.67. The van der Waals surface area contributed by atoms with Gasteiger partial charge in [0.05, 0.1) is 0 Å². The summed E-state index contributed by atoms with van der Waals surface area (Å²) < 4.78 is 0. The highest BCUT2D eigenvalue weighted by Gasteiger charge is 2.30. The average Bonchev–Trinajstić information content (AvgIpc) is 2.82. The molecule has 1 saturated heterocycles. The zero-order chi connectivity index (χ0) is 14.5. The molecule has 5 nitrogen and oxygen atoms in total. The predicted octanol–water partition coefficient (Wildman–Crippen LogP) is 1.30. The van der Waals surface area contributed by atoms with Crippen LogP contribution >= 0.6 is 12.4 Å². The van der Waals surface area contributed by atoms with E-state index in [9.17, 15) is 9.59 Å². The Hall–Kier alpha value is -0.810. The minimum atomic E-state index is 0. The molecule has 0 bridgehead atoms. The molecule has 2 rings (SSSR count). The van der Waals surface area contributed by atoms with Gasteiger partial charge in [0.1, 0.15) is 0 Å². The van der Waals surface area contributed by atoms with E-state index in [1.165, 1.54) is 6.92 Å². The Morgan fingerprint density at radius 2 is 2.00 bits per heavy atom. The Kier molecular flexibility index (Phi) is 7.46. The SMILES string of the molecule is CC(=O)NCC1CCCN(C(=O)C[C@@H]2CCC[C@H]2N)C1.Cl. The van der Waals surface area contributed by atoms with Gasteiger partial charge in [-0.25, -0.2) is 0 Å². The van der Waals surface area contributed by atoms with Gasteiger partial charge in [-0.3, -0.25) is 9.59 Å². The molecule has 2 fully saturated rings. The van der Waals surface area contributed by atoms with E-state index in [1.54, 1.807) is 0 Å². The molecule has 2 aliphatic rings. The molecule has 2 amide bonds. The summed E-state index contributed by atoms with van der Waals surface area (Å²) in [6, 6.07) is 0.207. The highest BCUT2D eigenvalue weighted by atomic mass is 35.5. The molecule has 1 unspecified atom stereocenters. The van der Waals surface area contributed by atoms with Crippen molar-refractivity contribution in [2.45, 2.75) is 51.5 Å². The second-order valence-electron chi connectivity index (χ2n) is 6.34. The first-order valence-corrected chi connectivity index (χ1v) is 7.84. The molecule has 1 aliphatic carbocycles. The summed E-state index contributed by atoms with van der Waals surface area (Å²) in [7, 11) is 0. The number of carbonyl (C=O) groups excluding carboxylic acids is 2. The highest BCUT2D eigenvalue weighted by molar-refractivity contribution is 5.85. The topological polar surface area (TPSA) is 75.4 Å². The first-order valence-electron chi connectivity index (χ1n) is 7.84. The molecular formula is C15H28ClN3O2. The summed E-state index contributed by atoms with van der Waals surface area (Å²) in [6.45, 7) is 3.85. The van der Waals surface area contributed by atoms with Crippen molar-refractivity contribution in [1.29, 1.82) is 0 Å². The molecule has 3 atom stereocenters. The van der Waals surface area contributed by atoms with Crippen molar-refractivity contribution in [3.8, 4) is 0 Å². The predicted molar refractivity (Wildman–Crippen MR) is 85.2 cm³/mol. The summed E-state index contributed by atoms with van der Waals surface area (Å²) in [4.78, 5) is 25.3. The van der Waals surface area contributed by atoms with Crippen LogP contribution in [0, 0.1) is 11.8 Å². The van der Waals surface area contributed by atoms with E-state index in [0.29, 0.717) is 24.8 Å². The van der Waals surface area contributed by atoms with E-state index in [4.69, 9.17) is 5.73 Å². The normalized spacial score (nSPS) is 28.9. The van der Waals surface area contributed by atoms with Gasteiger partial charge in [0.15, 0.2) is 0 Å². The minimum Gasteiger partial charge on any atom is -0.356 e. The number of piperidine rings is 1. The zero-order valence-corrected chi connectivity index (χ0v) is 13.7. The molecule has 0 radical (unpaired) electrons. The molecule has 122 valence electrons. The van der Waals surface area contributed by atoms with Gasteiger partial charge in [-0.15, -0.1) is 12.4 Å². The van der Waals surface area contributed by atoms with Crippen molar-refractivity contribution in [3.63, 3.8) is 0 Å². The van der Waals surface area contributed by atoms with Crippen LogP contribution in [-0.2, 0) is 9.59 Å². The lowest BCUT2D eigenvalue weighted by Crippen LogP contribution is -2.44. The lowest BCUT2D eigenvalue weighted by Gasteiger charge is -2.33. The van der Waals surface area contributed by atoms with Crippen LogP contribution in [0.4, 0.5) is 0 Å². The molecule has 0 aromatic carbocycles. The Labute approximate surface area is 133 Å². The lowest BCUT2D eigenvalue weighted by molar-refractivity contribution is -0.134. The fraction of sp³-hybridized carbons (Fsp3) is 0.867. The van der Waals surface area contributed by atoms with Gasteiger partial charge >= 0.3 is 0 Å². The van der Waals surface area contributed by atoms with E-state index in [2.05, 4.69) is 5.32 Å². The standard InChI is InChI=1S/C15H27N3O2.ClH/c1-11(19)17-9-12-4-3-7-18(10-12)15(20)8-13-5-2-6-14(13)16;/h12-14H,2-10,16H2,1H3,(H,17,19);1H/t12?,13-,14+;/m0./s1. The van der Waals surface area contributed by atoms with Crippen LogP contribution in [0.25, 0.3) is 0 Å². The molecular weight excluding hydrogens is 290 g/mol. The van der Waals surface area contributed by atoms with Crippen molar-refractivity contribution in [2.24, 2.45) is 17.6 Å². The largest absolute Gasteiger partial charge is 0.356 e. The van der Waals surface area contributed by atoms with Crippen molar-refractivity contribution >= 4 is 24.2 Å². The lowest BCUT2D eigenvalue weighted by atomic mass is 9.95. The van der Waals surface area contributed by atoms with Crippen LogP contribution in [-0.4, -0.2) is 42.4 Å². The van der Waals surface area contributed by atoms with Gasteiger partial charge in [-0.1, -0.05) is 6.42 Å². The molecule has 3 N–H and O–H groups in total. The molecule has 1 heterocycles. The van der Waals surface area contributed by atoms with Crippen LogP contribution in [0.1, 0.15) is 45.4 Å². The van der Waals surface area contributed by atoms with Crippen LogP contribution < -0.4 is 11.1 Å². The summed E-state index contributed by atoms with van der Waals surface area (Å²) >= 11 is 0. The molecule has 1 aliphatic heterocycles. The summed E-state index contributed by atoms with van der Waals surface area (Å²) in [5.74, 6) is 1.03. The Bertz CT molecular complexity index is 365. The Balaban J connectivity index is 0.00000220. The zero-order valence-electron chi connectivity index (χ0n) is 12.8. The highest BCUT2D eigenvalue weighted by Crippen LogP contribution is 2.28. The Morgan fingerprint density at radius 3 is 2.62 bits per heavy atom. The first-order chi connectivity index (χ1) is 9.56. The maximum absolute atomic E-state index is 12.4. The Morgan fingerprint density at radius 1 is 1.24 bits per heavy atom. The monoisotopic (exact) mass is 317 g/mol. The van der Waals surface area contributed by atoms with Crippen molar-refractivity contribution in [2.75, 3.05) is 19.6 Å². The number of amides is 2. The maximum atomic E-state index is 12.4. The van der Waals surface area contributed by atoms with Crippen LogP contribution in [0.15, 0.2) is 0 Å². The average molecular weight is 318 g/mol. The number of nitrogens with zero attached hydrogens (tertiary/aromatic N) is 1. The minimum absolute atomic E-state index is 0. The summed E-state index contributed by atoms with van der Waals surface area (Å²) in [6.07, 6.45) is 6.04. The number of nitrogens with one attached hydrogen (secondary N) is 1. The number of hydrogen-bond donors (Lipinski definition) is 2. The number of likely N-dealkylation sites (tertiary alicyclic amines) is 1. The van der Waals surface area contributed by atoms with E-state index < -0.39 is 0 Å². The summed E-state index contributed by atoms with van der Waals surface area (Å²) in [5, 5.41) is 2.86. The van der Waals surface area contributed by atoms with Gasteiger partial charge in [-0.05, 0) is 37.5 Å². The third-order valence-electron chi connectivity index (χ3n) is 4.67.